The van der Waals surface area contributed by atoms with Crippen molar-refractivity contribution >= 4 is 23.4 Å². The van der Waals surface area contributed by atoms with Gasteiger partial charge >= 0.3 is 0 Å². The molecule has 0 aliphatic carbocycles. The SMILES string of the molecule is Cc1cc(OCC2(CC(=O)N3CCC(O)CC3)CCCN(C(=O)Cn3cccn3)C2)cc(C)c1Cl. The van der Waals surface area contributed by atoms with E-state index in [1.54, 1.807) is 23.1 Å². The average Bonchev–Trinajstić information content (AvgIpc) is 3.35. The monoisotopic (exact) mass is 502 g/mol. The van der Waals surface area contributed by atoms with E-state index in [2.05, 4.69) is 5.10 Å². The van der Waals surface area contributed by atoms with Gasteiger partial charge in [-0.05, 0) is 68.9 Å². The maximum Gasteiger partial charge on any atom is 0.244 e. The number of benzene rings is 1. The molecule has 2 fully saturated rings. The van der Waals surface area contributed by atoms with Crippen LogP contribution in [0.25, 0.3) is 0 Å². The lowest BCUT2D eigenvalue weighted by Crippen LogP contribution is -2.52. The highest BCUT2D eigenvalue weighted by Gasteiger charge is 2.41. The van der Waals surface area contributed by atoms with Gasteiger partial charge in [0.25, 0.3) is 0 Å². The standard InChI is InChI=1S/C26H35ClN4O4/c1-19-13-22(14-20(2)25(19)27)35-18-26(15-23(33)29-11-5-21(32)6-12-29)7-3-9-30(17-26)24(34)16-31-10-4-8-28-31/h4,8,10,13-14,21,32H,3,5-7,9,11-12,15-18H2,1-2H3. The predicted octanol–water partition coefficient (Wildman–Crippen LogP) is 3.21. The molecular weight excluding hydrogens is 468 g/mol. The van der Waals surface area contributed by atoms with Crippen LogP contribution in [0.15, 0.2) is 30.6 Å². The number of rotatable bonds is 7. The number of hydrogen-bond acceptors (Lipinski definition) is 5. The summed E-state index contributed by atoms with van der Waals surface area (Å²) in [5.41, 5.74) is 1.39. The molecule has 2 amide bonds. The summed E-state index contributed by atoms with van der Waals surface area (Å²) in [6.07, 6.45) is 6.22. The van der Waals surface area contributed by atoms with Crippen molar-refractivity contribution in [2.24, 2.45) is 5.41 Å². The number of aliphatic hydroxyl groups is 1. The van der Waals surface area contributed by atoms with Crippen LogP contribution in [0.5, 0.6) is 5.75 Å². The van der Waals surface area contributed by atoms with Crippen LogP contribution in [0, 0.1) is 19.3 Å². The van der Waals surface area contributed by atoms with Crippen molar-refractivity contribution in [3.8, 4) is 5.75 Å². The molecule has 0 bridgehead atoms. The highest BCUT2D eigenvalue weighted by atomic mass is 35.5. The summed E-state index contributed by atoms with van der Waals surface area (Å²) in [4.78, 5) is 30.1. The third-order valence-corrected chi connectivity index (χ3v) is 7.77. The fraction of sp³-hybridized carbons (Fsp3) is 0.577. The van der Waals surface area contributed by atoms with Crippen LogP contribution in [-0.4, -0.2) is 75.4 Å². The Kier molecular flexibility index (Phi) is 8.02. The largest absolute Gasteiger partial charge is 0.493 e. The van der Waals surface area contributed by atoms with Gasteiger partial charge in [-0.15, -0.1) is 0 Å². The maximum atomic E-state index is 13.3. The number of nitrogens with zero attached hydrogens (tertiary/aromatic N) is 4. The molecule has 8 nitrogen and oxygen atoms in total. The molecule has 0 spiro atoms. The second-order valence-electron chi connectivity index (χ2n) is 10.1. The van der Waals surface area contributed by atoms with E-state index in [9.17, 15) is 14.7 Å². The van der Waals surface area contributed by atoms with Gasteiger partial charge < -0.3 is 19.6 Å². The number of ether oxygens (including phenoxy) is 1. The Bertz CT molecular complexity index is 1010. The van der Waals surface area contributed by atoms with E-state index in [4.69, 9.17) is 16.3 Å². The molecule has 0 radical (unpaired) electrons. The summed E-state index contributed by atoms with van der Waals surface area (Å²) in [6, 6.07) is 5.63. The quantitative estimate of drug-likeness (QED) is 0.628. The van der Waals surface area contributed by atoms with E-state index in [0.29, 0.717) is 52.0 Å². The second kappa shape index (κ2) is 11.0. The van der Waals surface area contributed by atoms with E-state index in [1.165, 1.54) is 0 Å². The number of halogens is 1. The first-order valence-corrected chi connectivity index (χ1v) is 12.7. The fourth-order valence-electron chi connectivity index (χ4n) is 5.14. The van der Waals surface area contributed by atoms with E-state index < -0.39 is 5.41 Å². The zero-order valence-electron chi connectivity index (χ0n) is 20.6. The van der Waals surface area contributed by atoms with E-state index in [0.717, 1.165) is 34.7 Å². The zero-order chi connectivity index (χ0) is 25.0. The van der Waals surface area contributed by atoms with Gasteiger partial charge in [0.1, 0.15) is 12.3 Å². The third kappa shape index (κ3) is 6.35. The minimum atomic E-state index is -0.493. The lowest BCUT2D eigenvalue weighted by Gasteiger charge is -2.43. The van der Waals surface area contributed by atoms with Crippen molar-refractivity contribution < 1.29 is 19.4 Å². The molecule has 1 unspecified atom stereocenters. The zero-order valence-corrected chi connectivity index (χ0v) is 21.3. The van der Waals surface area contributed by atoms with E-state index in [-0.39, 0.29) is 24.5 Å². The lowest BCUT2D eigenvalue weighted by molar-refractivity contribution is -0.143. The Balaban J connectivity index is 1.51. The van der Waals surface area contributed by atoms with Crippen LogP contribution in [0.3, 0.4) is 0 Å². The first kappa shape index (κ1) is 25.5. The number of aliphatic hydroxyl groups excluding tert-OH is 1. The molecular formula is C26H35ClN4O4. The smallest absolute Gasteiger partial charge is 0.244 e. The number of carbonyl (C=O) groups excluding carboxylic acids is 2. The lowest BCUT2D eigenvalue weighted by atomic mass is 9.77. The van der Waals surface area contributed by atoms with Gasteiger partial charge in [0.15, 0.2) is 0 Å². The predicted molar refractivity (Wildman–Crippen MR) is 133 cm³/mol. The maximum absolute atomic E-state index is 13.3. The van der Waals surface area contributed by atoms with Gasteiger partial charge in [-0.25, -0.2) is 0 Å². The normalized spacial score (nSPS) is 21.3. The minimum Gasteiger partial charge on any atom is -0.493 e. The molecule has 1 N–H and O–H groups in total. The number of hydrogen-bond donors (Lipinski definition) is 1. The van der Waals surface area contributed by atoms with Crippen molar-refractivity contribution in [2.45, 2.75) is 58.6 Å². The summed E-state index contributed by atoms with van der Waals surface area (Å²) in [5.74, 6) is 0.771. The van der Waals surface area contributed by atoms with Crippen molar-refractivity contribution in [1.29, 1.82) is 0 Å². The Morgan fingerprint density at radius 3 is 2.51 bits per heavy atom. The number of aryl methyl sites for hydroxylation is 2. The van der Waals surface area contributed by atoms with Crippen LogP contribution in [0.4, 0.5) is 0 Å². The molecule has 2 aliphatic rings. The number of likely N-dealkylation sites (tertiary alicyclic amines) is 2. The van der Waals surface area contributed by atoms with Gasteiger partial charge in [-0.2, -0.15) is 5.10 Å². The van der Waals surface area contributed by atoms with Crippen LogP contribution in [-0.2, 0) is 16.1 Å². The first-order valence-electron chi connectivity index (χ1n) is 12.4. The van der Waals surface area contributed by atoms with Crippen LogP contribution in [0.1, 0.15) is 43.2 Å². The molecule has 1 atom stereocenters. The highest BCUT2D eigenvalue weighted by molar-refractivity contribution is 6.32. The molecule has 3 heterocycles. The number of carbonyl (C=O) groups is 2. The summed E-state index contributed by atoms with van der Waals surface area (Å²) in [5, 5.41) is 14.7. The summed E-state index contributed by atoms with van der Waals surface area (Å²) in [6.45, 7) is 6.65. The van der Waals surface area contributed by atoms with Crippen molar-refractivity contribution in [2.75, 3.05) is 32.8 Å². The minimum absolute atomic E-state index is 0.00972. The number of aromatic nitrogens is 2. The van der Waals surface area contributed by atoms with Crippen molar-refractivity contribution in [1.82, 2.24) is 19.6 Å². The van der Waals surface area contributed by atoms with Gasteiger partial charge in [-0.3, -0.25) is 14.3 Å². The molecule has 4 rings (SSSR count). The highest BCUT2D eigenvalue weighted by Crippen LogP contribution is 2.36. The second-order valence-corrected chi connectivity index (χ2v) is 10.4. The molecule has 2 saturated heterocycles. The summed E-state index contributed by atoms with van der Waals surface area (Å²) >= 11 is 6.33. The van der Waals surface area contributed by atoms with Crippen molar-refractivity contribution in [3.05, 3.63) is 46.7 Å². The van der Waals surface area contributed by atoms with Gasteiger partial charge in [0, 0.05) is 55.4 Å². The van der Waals surface area contributed by atoms with Crippen molar-refractivity contribution in [3.63, 3.8) is 0 Å². The molecule has 2 aromatic rings. The molecule has 1 aromatic carbocycles. The Labute approximate surface area is 211 Å². The summed E-state index contributed by atoms with van der Waals surface area (Å²) in [7, 11) is 0. The Morgan fingerprint density at radius 2 is 1.86 bits per heavy atom. The van der Waals surface area contributed by atoms with Gasteiger partial charge in [0.05, 0.1) is 12.7 Å². The Hall–Kier alpha value is -2.58. The first-order chi connectivity index (χ1) is 16.7. The number of piperidine rings is 2. The van der Waals surface area contributed by atoms with Crippen LogP contribution < -0.4 is 4.74 Å². The van der Waals surface area contributed by atoms with Crippen LogP contribution >= 0.6 is 11.6 Å². The molecule has 0 saturated carbocycles. The molecule has 2 aliphatic heterocycles. The average molecular weight is 503 g/mol. The topological polar surface area (TPSA) is 87.9 Å². The van der Waals surface area contributed by atoms with Gasteiger partial charge in [0.2, 0.25) is 11.8 Å². The fourth-order valence-corrected chi connectivity index (χ4v) is 5.25. The number of amides is 2. The van der Waals surface area contributed by atoms with E-state index in [1.807, 2.05) is 35.8 Å². The summed E-state index contributed by atoms with van der Waals surface area (Å²) < 4.78 is 7.90. The van der Waals surface area contributed by atoms with Gasteiger partial charge in [-0.1, -0.05) is 11.6 Å². The third-order valence-electron chi connectivity index (χ3n) is 7.17. The molecule has 9 heteroatoms. The molecule has 190 valence electrons. The van der Waals surface area contributed by atoms with Crippen LogP contribution in [0.2, 0.25) is 5.02 Å². The Morgan fingerprint density at radius 1 is 1.14 bits per heavy atom. The molecule has 35 heavy (non-hydrogen) atoms. The molecule has 1 aromatic heterocycles. The van der Waals surface area contributed by atoms with E-state index >= 15 is 0 Å².